The Labute approximate surface area is 160 Å². The van der Waals surface area contributed by atoms with E-state index in [0.717, 1.165) is 11.1 Å². The third-order valence-corrected chi connectivity index (χ3v) is 5.27. The molecule has 2 N–H and O–H groups in total. The van der Waals surface area contributed by atoms with Crippen molar-refractivity contribution in [3.05, 3.63) is 28.8 Å². The molecule has 1 heterocycles. The van der Waals surface area contributed by atoms with Crippen molar-refractivity contribution < 1.29 is 18.3 Å². The Hall–Kier alpha value is -1.16. The van der Waals surface area contributed by atoms with Crippen molar-refractivity contribution >= 4 is 34.4 Å². The van der Waals surface area contributed by atoms with Crippen molar-refractivity contribution in [1.82, 2.24) is 9.80 Å². The molecule has 25 heavy (non-hydrogen) atoms. The number of piperazine rings is 1. The summed E-state index contributed by atoms with van der Waals surface area (Å²) >= 11 is 2.21. The summed E-state index contributed by atoms with van der Waals surface area (Å²) < 4.78 is 31.3. The van der Waals surface area contributed by atoms with Gasteiger partial charge in [0.2, 0.25) is 0 Å². The molecule has 0 spiro atoms. The molecule has 0 bridgehead atoms. The highest BCUT2D eigenvalue weighted by Gasteiger charge is 2.30. The van der Waals surface area contributed by atoms with E-state index in [4.69, 9.17) is 10.5 Å². The summed E-state index contributed by atoms with van der Waals surface area (Å²) in [7, 11) is 0. The van der Waals surface area contributed by atoms with Gasteiger partial charge in [-0.25, -0.2) is 13.6 Å². The molecule has 0 aliphatic carbocycles. The summed E-state index contributed by atoms with van der Waals surface area (Å²) in [5.41, 5.74) is 7.84. The van der Waals surface area contributed by atoms with Crippen molar-refractivity contribution in [2.75, 3.05) is 25.4 Å². The van der Waals surface area contributed by atoms with E-state index in [-0.39, 0.29) is 21.8 Å². The van der Waals surface area contributed by atoms with Gasteiger partial charge in [-0.2, -0.15) is 0 Å². The molecule has 0 aromatic heterocycles. The number of nitrogens with two attached hydrogens (primary N) is 1. The molecule has 0 saturated carbocycles. The summed E-state index contributed by atoms with van der Waals surface area (Å²) in [5.74, 6) is 0. The van der Waals surface area contributed by atoms with Gasteiger partial charge in [0, 0.05) is 37.4 Å². The lowest BCUT2D eigenvalue weighted by Gasteiger charge is -2.38. The lowest BCUT2D eigenvalue weighted by molar-refractivity contribution is 0.0522. The molecule has 8 heteroatoms. The van der Waals surface area contributed by atoms with Crippen LogP contribution >= 0.6 is 22.6 Å². The number of amides is 1. The van der Waals surface area contributed by atoms with Crippen LogP contribution in [0.2, 0.25) is 0 Å². The number of benzene rings is 1. The van der Waals surface area contributed by atoms with Gasteiger partial charge in [0.25, 0.3) is 6.43 Å². The summed E-state index contributed by atoms with van der Waals surface area (Å²) in [5, 5.41) is 0. The summed E-state index contributed by atoms with van der Waals surface area (Å²) in [6, 6.07) is 2.86. The van der Waals surface area contributed by atoms with Crippen LogP contribution in [0.4, 0.5) is 19.3 Å². The quantitative estimate of drug-likeness (QED) is 0.316. The maximum Gasteiger partial charge on any atom is 0.410 e. The molecule has 1 aromatic rings. The van der Waals surface area contributed by atoms with Crippen molar-refractivity contribution in [3.8, 4) is 0 Å². The van der Waals surface area contributed by atoms with E-state index in [2.05, 4.69) is 27.5 Å². The third-order valence-electron chi connectivity index (χ3n) is 4.20. The fraction of sp³-hybridized carbons (Fsp3) is 0.588. The Morgan fingerprint density at radius 1 is 1.40 bits per heavy atom. The van der Waals surface area contributed by atoms with Crippen molar-refractivity contribution in [2.45, 2.75) is 43.9 Å². The highest BCUT2D eigenvalue weighted by Crippen LogP contribution is 2.28. The molecule has 1 fully saturated rings. The van der Waals surface area contributed by atoms with E-state index in [9.17, 15) is 13.6 Å². The number of alkyl halides is 3. The molecule has 0 radical (unpaired) electrons. The Kier molecular flexibility index (Phi) is 6.84. The number of rotatable bonds is 4. The number of hydrogen-bond acceptors (Lipinski definition) is 4. The minimum absolute atomic E-state index is 0.0338. The number of halogens is 3. The van der Waals surface area contributed by atoms with E-state index in [1.165, 1.54) is 12.1 Å². The van der Waals surface area contributed by atoms with Crippen molar-refractivity contribution in [3.63, 3.8) is 0 Å². The maximum atomic E-state index is 13.0. The van der Waals surface area contributed by atoms with Crippen LogP contribution in [0, 0.1) is 6.92 Å². The smallest absolute Gasteiger partial charge is 0.410 e. The number of hydrogen-bond donors (Lipinski definition) is 1. The van der Waals surface area contributed by atoms with Crippen LogP contribution in [0.3, 0.4) is 0 Å². The molecule has 1 amide bonds. The lowest BCUT2D eigenvalue weighted by atomic mass is 10.0. The first-order chi connectivity index (χ1) is 11.7. The van der Waals surface area contributed by atoms with E-state index in [1.54, 1.807) is 4.90 Å². The van der Waals surface area contributed by atoms with Crippen LogP contribution in [-0.4, -0.2) is 45.7 Å². The van der Waals surface area contributed by atoms with Crippen LogP contribution < -0.4 is 5.73 Å². The monoisotopic (exact) mass is 467 g/mol. The number of anilines is 1. The van der Waals surface area contributed by atoms with Gasteiger partial charge in [0.15, 0.2) is 0 Å². The Balaban J connectivity index is 2.05. The normalized spacial score (nSPS) is 18.9. The van der Waals surface area contributed by atoms with Crippen LogP contribution in [0.5, 0.6) is 0 Å². The van der Waals surface area contributed by atoms with Gasteiger partial charge in [0.05, 0.1) is 10.2 Å². The molecule has 1 aliphatic heterocycles. The van der Waals surface area contributed by atoms with Crippen molar-refractivity contribution in [2.24, 2.45) is 0 Å². The van der Waals surface area contributed by atoms with Gasteiger partial charge in [0.1, 0.15) is 0 Å². The topological polar surface area (TPSA) is 58.8 Å². The second kappa shape index (κ2) is 8.48. The second-order valence-electron chi connectivity index (χ2n) is 6.49. The average molecular weight is 467 g/mol. The molecule has 1 saturated heterocycles. The Morgan fingerprint density at radius 2 is 2.08 bits per heavy atom. The number of ether oxygens (including phenoxy) is 1. The first-order valence-corrected chi connectivity index (χ1v) is 9.44. The summed E-state index contributed by atoms with van der Waals surface area (Å²) in [6.45, 7) is 7.86. The molecule has 2 rings (SSSR count). The molecular weight excluding hydrogens is 443 g/mol. The van der Waals surface area contributed by atoms with Gasteiger partial charge in [-0.3, -0.25) is 9.80 Å². The van der Waals surface area contributed by atoms with Crippen molar-refractivity contribution in [1.29, 1.82) is 0 Å². The minimum Gasteiger partial charge on any atom is -0.447 e. The first-order valence-electron chi connectivity index (χ1n) is 8.19. The molecular formula is C17H24F2IN3O2. The largest absolute Gasteiger partial charge is 0.447 e. The second-order valence-corrected chi connectivity index (χ2v) is 7.93. The maximum absolute atomic E-state index is 13.0. The number of nitrogens with zero attached hydrogens (tertiary/aromatic N) is 2. The highest BCUT2D eigenvalue weighted by molar-refractivity contribution is 14.1. The third kappa shape index (κ3) is 5.16. The fourth-order valence-corrected chi connectivity index (χ4v) is 3.83. The molecule has 5 nitrogen and oxygen atoms in total. The highest BCUT2D eigenvalue weighted by atomic mass is 127. The Bertz CT molecular complexity index is 628. The average Bonchev–Trinajstić information content (AvgIpc) is 2.50. The van der Waals surface area contributed by atoms with E-state index in [1.807, 2.05) is 20.8 Å². The van der Waals surface area contributed by atoms with Crippen LogP contribution in [0.15, 0.2) is 12.1 Å². The van der Waals surface area contributed by atoms with E-state index in [0.29, 0.717) is 31.9 Å². The number of carbonyl (C=O) groups excluding carboxylic acids is 1. The SMILES string of the molecule is Cc1c(N)cc(C(F)F)cc1CN1CCN(C(=O)OC(C)C)[C@@H](I)C1. The van der Waals surface area contributed by atoms with Crippen LogP contribution in [0.1, 0.15) is 37.0 Å². The zero-order chi connectivity index (χ0) is 18.7. The minimum atomic E-state index is -2.54. The van der Waals surface area contributed by atoms with E-state index >= 15 is 0 Å². The van der Waals surface area contributed by atoms with Gasteiger partial charge in [-0.15, -0.1) is 0 Å². The Morgan fingerprint density at radius 3 is 2.64 bits per heavy atom. The van der Waals surface area contributed by atoms with Crippen LogP contribution in [-0.2, 0) is 11.3 Å². The lowest BCUT2D eigenvalue weighted by Crippen LogP contribution is -2.52. The number of carbonyl (C=O) groups is 1. The molecule has 1 aliphatic rings. The van der Waals surface area contributed by atoms with Gasteiger partial charge in [-0.05, 0) is 44.0 Å². The summed E-state index contributed by atoms with van der Waals surface area (Å²) in [4.78, 5) is 15.9. The van der Waals surface area contributed by atoms with Crippen LogP contribution in [0.25, 0.3) is 0 Å². The standard InChI is InChI=1S/C17H24F2IN3O2/c1-10(2)25-17(24)23-5-4-22(9-15(23)20)8-13-6-12(16(18)19)7-14(21)11(13)3/h6-7,10,15-16H,4-5,8-9,21H2,1-3H3/t15-/m1/s1. The van der Waals surface area contributed by atoms with Gasteiger partial charge < -0.3 is 10.5 Å². The molecule has 140 valence electrons. The predicted molar refractivity (Wildman–Crippen MR) is 102 cm³/mol. The van der Waals surface area contributed by atoms with Gasteiger partial charge >= 0.3 is 6.09 Å². The fourth-order valence-electron chi connectivity index (χ4n) is 2.77. The predicted octanol–water partition coefficient (Wildman–Crippen LogP) is 3.94. The van der Waals surface area contributed by atoms with E-state index < -0.39 is 6.43 Å². The number of nitrogen functional groups attached to an aromatic ring is 1. The first kappa shape index (κ1) is 20.2. The molecule has 1 atom stereocenters. The zero-order valence-corrected chi connectivity index (χ0v) is 16.8. The van der Waals surface area contributed by atoms with Gasteiger partial charge in [-0.1, -0.05) is 22.6 Å². The molecule has 0 unspecified atom stereocenters. The summed E-state index contributed by atoms with van der Waals surface area (Å²) in [6.07, 6.45) is -3.01. The molecule has 1 aromatic carbocycles. The zero-order valence-electron chi connectivity index (χ0n) is 14.6.